The van der Waals surface area contributed by atoms with Crippen LogP contribution in [0.25, 0.3) is 11.1 Å². The van der Waals surface area contributed by atoms with Gasteiger partial charge in [-0.3, -0.25) is 4.79 Å². The number of oxazole rings is 1. The Morgan fingerprint density at radius 2 is 2.15 bits per heavy atom. The molecule has 3 heterocycles. The van der Waals surface area contributed by atoms with E-state index >= 15 is 0 Å². The van der Waals surface area contributed by atoms with Gasteiger partial charge >= 0.3 is 0 Å². The summed E-state index contributed by atoms with van der Waals surface area (Å²) in [6, 6.07) is 7.61. The monoisotopic (exact) mass is 411 g/mol. The van der Waals surface area contributed by atoms with E-state index in [1.807, 2.05) is 47.0 Å². The molecule has 1 saturated heterocycles. The highest BCUT2D eigenvalue weighted by Gasteiger charge is 2.30. The number of piperazine rings is 1. The van der Waals surface area contributed by atoms with Crippen LogP contribution in [-0.2, 0) is 18.3 Å². The van der Waals surface area contributed by atoms with E-state index in [1.165, 1.54) is 0 Å². The van der Waals surface area contributed by atoms with Crippen LogP contribution in [0.4, 0.5) is 0 Å². The number of imidazole rings is 1. The summed E-state index contributed by atoms with van der Waals surface area (Å²) in [5.41, 5.74) is 1.59. The smallest absolute Gasteiger partial charge is 0.223 e. The average molecular weight is 412 g/mol. The first-order chi connectivity index (χ1) is 12.2. The maximum atomic E-state index is 12.8. The number of carbonyl (C=O) groups excluding carboxylic acids is 1. The number of nitrogens with zero attached hydrogens (tertiary/aromatic N) is 4. The third kappa shape index (κ3) is 4.43. The van der Waals surface area contributed by atoms with E-state index in [2.05, 4.69) is 15.3 Å². The molecule has 9 heteroatoms. The summed E-state index contributed by atoms with van der Waals surface area (Å²) in [5, 5.41) is 3.35. The fraction of sp³-hybridized carbons (Fsp3) is 0.389. The number of aryl methyl sites for hydroxylation is 2. The number of rotatable bonds is 4. The second kappa shape index (κ2) is 9.21. The lowest BCUT2D eigenvalue weighted by Gasteiger charge is -2.35. The molecule has 146 valence electrons. The molecule has 0 bridgehead atoms. The van der Waals surface area contributed by atoms with Gasteiger partial charge in [0, 0.05) is 51.9 Å². The largest absolute Gasteiger partial charge is 0.441 e. The third-order valence-electron chi connectivity index (χ3n) is 4.61. The first-order valence-electron chi connectivity index (χ1n) is 8.54. The maximum absolute atomic E-state index is 12.8. The molecule has 7 nitrogen and oxygen atoms in total. The second-order valence-corrected chi connectivity index (χ2v) is 6.28. The summed E-state index contributed by atoms with van der Waals surface area (Å²) in [6.45, 7) is 2.21. The molecule has 2 aromatic heterocycles. The zero-order chi connectivity index (χ0) is 17.2. The first kappa shape index (κ1) is 21.2. The van der Waals surface area contributed by atoms with Crippen molar-refractivity contribution in [1.29, 1.82) is 0 Å². The van der Waals surface area contributed by atoms with E-state index in [1.54, 1.807) is 6.20 Å². The van der Waals surface area contributed by atoms with Gasteiger partial charge in [-0.25, -0.2) is 9.97 Å². The standard InChI is InChI=1S/C18H21N5O2.2ClH/c1-22-10-9-20-18(22)14-12-19-8-11-23(14)17(24)7-6-16-21-13-4-2-3-5-15(13)25-16;;/h2-5,9-10,14,19H,6-8,11-12H2,1H3;2*1H. The van der Waals surface area contributed by atoms with Crippen LogP contribution in [0.5, 0.6) is 0 Å². The molecule has 27 heavy (non-hydrogen) atoms. The Bertz CT molecular complexity index is 862. The van der Waals surface area contributed by atoms with Crippen LogP contribution in [0, 0.1) is 0 Å². The van der Waals surface area contributed by atoms with Crippen molar-refractivity contribution in [2.24, 2.45) is 7.05 Å². The molecule has 1 amide bonds. The van der Waals surface area contributed by atoms with Gasteiger partial charge < -0.3 is 19.2 Å². The van der Waals surface area contributed by atoms with Crippen molar-refractivity contribution in [2.45, 2.75) is 18.9 Å². The van der Waals surface area contributed by atoms with Crippen molar-refractivity contribution in [3.63, 3.8) is 0 Å². The lowest BCUT2D eigenvalue weighted by atomic mass is 10.1. The average Bonchev–Trinajstić information content (AvgIpc) is 3.25. The minimum absolute atomic E-state index is 0. The molecule has 3 aromatic rings. The third-order valence-corrected chi connectivity index (χ3v) is 4.61. The Morgan fingerprint density at radius 3 is 2.89 bits per heavy atom. The zero-order valence-electron chi connectivity index (χ0n) is 15.0. The number of hydrogen-bond acceptors (Lipinski definition) is 5. The van der Waals surface area contributed by atoms with Crippen molar-refractivity contribution in [1.82, 2.24) is 24.8 Å². The number of hydrogen-bond donors (Lipinski definition) is 1. The van der Waals surface area contributed by atoms with E-state index < -0.39 is 0 Å². The molecule has 1 atom stereocenters. The van der Waals surface area contributed by atoms with Crippen LogP contribution in [0.3, 0.4) is 0 Å². The SMILES string of the molecule is Cl.Cl.Cn1ccnc1C1CNCCN1C(=O)CCc1nc2ccccc2o1. The zero-order valence-corrected chi connectivity index (χ0v) is 16.6. The van der Waals surface area contributed by atoms with Crippen LogP contribution in [0.1, 0.15) is 24.2 Å². The molecule has 1 fully saturated rings. The molecule has 1 aliphatic heterocycles. The number of aromatic nitrogens is 3. The quantitative estimate of drug-likeness (QED) is 0.713. The number of para-hydroxylation sites is 2. The van der Waals surface area contributed by atoms with Gasteiger partial charge in [0.2, 0.25) is 5.91 Å². The molecule has 1 aliphatic rings. The lowest BCUT2D eigenvalue weighted by Crippen LogP contribution is -2.49. The number of carbonyl (C=O) groups is 1. The highest BCUT2D eigenvalue weighted by atomic mass is 35.5. The minimum atomic E-state index is -0.0371. The molecule has 4 rings (SSSR count). The first-order valence-corrected chi connectivity index (χ1v) is 8.54. The predicted octanol–water partition coefficient (Wildman–Crippen LogP) is 2.51. The number of amides is 1. The van der Waals surface area contributed by atoms with E-state index in [0.717, 1.165) is 30.0 Å². The van der Waals surface area contributed by atoms with Crippen LogP contribution in [0.15, 0.2) is 41.1 Å². The highest BCUT2D eigenvalue weighted by Crippen LogP contribution is 2.22. The second-order valence-electron chi connectivity index (χ2n) is 6.28. The van der Waals surface area contributed by atoms with Crippen molar-refractivity contribution in [3.8, 4) is 0 Å². The van der Waals surface area contributed by atoms with Gasteiger partial charge in [-0.15, -0.1) is 24.8 Å². The van der Waals surface area contributed by atoms with Crippen molar-refractivity contribution >= 4 is 41.8 Å². The minimum Gasteiger partial charge on any atom is -0.441 e. The fourth-order valence-electron chi connectivity index (χ4n) is 3.32. The van der Waals surface area contributed by atoms with E-state index in [9.17, 15) is 4.79 Å². The van der Waals surface area contributed by atoms with Crippen molar-refractivity contribution in [3.05, 3.63) is 48.4 Å². The van der Waals surface area contributed by atoms with Gasteiger partial charge in [0.1, 0.15) is 17.4 Å². The Balaban J connectivity index is 0.00000131. The summed E-state index contributed by atoms with van der Waals surface area (Å²) in [5.74, 6) is 1.62. The molecule has 0 aliphatic carbocycles. The maximum Gasteiger partial charge on any atom is 0.223 e. The van der Waals surface area contributed by atoms with Gasteiger partial charge in [-0.1, -0.05) is 12.1 Å². The summed E-state index contributed by atoms with van der Waals surface area (Å²) >= 11 is 0. The van der Waals surface area contributed by atoms with Crippen molar-refractivity contribution in [2.75, 3.05) is 19.6 Å². The van der Waals surface area contributed by atoms with Crippen LogP contribution in [0.2, 0.25) is 0 Å². The van der Waals surface area contributed by atoms with Gasteiger partial charge in [-0.2, -0.15) is 0 Å². The Kier molecular flexibility index (Phi) is 7.24. The molecule has 0 spiro atoms. The molecular formula is C18H23Cl2N5O2. The van der Waals surface area contributed by atoms with Gasteiger partial charge in [0.05, 0.1) is 0 Å². The number of benzene rings is 1. The van der Waals surface area contributed by atoms with Crippen LogP contribution < -0.4 is 5.32 Å². The summed E-state index contributed by atoms with van der Waals surface area (Å²) in [7, 11) is 1.96. The number of halogens is 2. The molecule has 1 aromatic carbocycles. The van der Waals surface area contributed by atoms with Gasteiger partial charge in [0.25, 0.3) is 0 Å². The molecule has 0 saturated carbocycles. The van der Waals surface area contributed by atoms with E-state index in [4.69, 9.17) is 4.42 Å². The molecular weight excluding hydrogens is 389 g/mol. The number of fused-ring (bicyclic) bond motifs is 1. The summed E-state index contributed by atoms with van der Waals surface area (Å²) in [4.78, 5) is 23.6. The van der Waals surface area contributed by atoms with E-state index in [-0.39, 0.29) is 36.8 Å². The van der Waals surface area contributed by atoms with Crippen LogP contribution in [-0.4, -0.2) is 45.0 Å². The summed E-state index contributed by atoms with van der Waals surface area (Å²) in [6.07, 6.45) is 4.56. The lowest BCUT2D eigenvalue weighted by molar-refractivity contribution is -0.134. The molecule has 0 radical (unpaired) electrons. The predicted molar refractivity (Wildman–Crippen MR) is 107 cm³/mol. The summed E-state index contributed by atoms with van der Waals surface area (Å²) < 4.78 is 7.68. The number of nitrogens with one attached hydrogen (secondary N) is 1. The fourth-order valence-corrected chi connectivity index (χ4v) is 3.32. The normalized spacial score (nSPS) is 16.6. The van der Waals surface area contributed by atoms with Gasteiger partial charge in [0.15, 0.2) is 11.5 Å². The Labute approximate surface area is 170 Å². The Hall–Kier alpha value is -2.09. The topological polar surface area (TPSA) is 76.2 Å². The van der Waals surface area contributed by atoms with Crippen LogP contribution >= 0.6 is 24.8 Å². The van der Waals surface area contributed by atoms with E-state index in [0.29, 0.717) is 25.3 Å². The van der Waals surface area contributed by atoms with Crippen molar-refractivity contribution < 1.29 is 9.21 Å². The highest BCUT2D eigenvalue weighted by molar-refractivity contribution is 5.85. The van der Waals surface area contributed by atoms with Gasteiger partial charge in [-0.05, 0) is 12.1 Å². The molecule has 1 N–H and O–H groups in total. The Morgan fingerprint density at radius 1 is 1.33 bits per heavy atom. The molecule has 1 unspecified atom stereocenters.